The Balaban J connectivity index is 2.51. The molecule has 2 unspecified atom stereocenters. The Morgan fingerprint density at radius 1 is 1.67 bits per heavy atom. The Hall–Kier alpha value is -0.0800. The topological polar surface area (TPSA) is 32.3 Å². The molecule has 1 saturated heterocycles. The highest BCUT2D eigenvalue weighted by molar-refractivity contribution is 4.92. The van der Waals surface area contributed by atoms with Crippen LogP contribution in [0.2, 0.25) is 0 Å². The first-order chi connectivity index (χ1) is 4.15. The van der Waals surface area contributed by atoms with Gasteiger partial charge in [0.15, 0.2) is 0 Å². The van der Waals surface area contributed by atoms with E-state index >= 15 is 0 Å². The van der Waals surface area contributed by atoms with E-state index in [0.29, 0.717) is 0 Å². The molecule has 2 heteroatoms. The second-order valence-corrected chi connectivity index (χ2v) is 3.12. The molecule has 1 heterocycles. The summed E-state index contributed by atoms with van der Waals surface area (Å²) in [5.41, 5.74) is 0. The first kappa shape index (κ1) is 7.03. The number of hydrogen-bond acceptors (Lipinski definition) is 2. The molecule has 2 atom stereocenters. The Morgan fingerprint density at radius 3 is 2.56 bits per heavy atom. The lowest BCUT2D eigenvalue weighted by Gasteiger charge is -2.27. The predicted molar refractivity (Wildman–Crippen MR) is 37.3 cm³/mol. The van der Waals surface area contributed by atoms with Gasteiger partial charge in [0, 0.05) is 5.54 Å². The van der Waals surface area contributed by atoms with Crippen LogP contribution in [0.15, 0.2) is 0 Å². The van der Waals surface area contributed by atoms with E-state index in [0.717, 1.165) is 13.0 Å². The Kier molecular flexibility index (Phi) is 1.78. The van der Waals surface area contributed by atoms with Gasteiger partial charge in [0.05, 0.1) is 6.10 Å². The van der Waals surface area contributed by atoms with Crippen LogP contribution >= 0.6 is 0 Å². The van der Waals surface area contributed by atoms with E-state index in [2.05, 4.69) is 12.2 Å². The maximum atomic E-state index is 9.25. The summed E-state index contributed by atoms with van der Waals surface area (Å²) in [4.78, 5) is 0. The molecule has 0 radical (unpaired) electrons. The van der Waals surface area contributed by atoms with Crippen molar-refractivity contribution in [2.24, 2.45) is 0 Å². The number of hydrogen-bond donors (Lipinski definition) is 2. The van der Waals surface area contributed by atoms with Gasteiger partial charge in [-0.15, -0.1) is 0 Å². The summed E-state index contributed by atoms with van der Waals surface area (Å²) in [5.74, 6) is 0. The fraction of sp³-hybridized carbons (Fsp3) is 1.00. The van der Waals surface area contributed by atoms with Crippen LogP contribution in [0.4, 0.5) is 0 Å². The molecule has 9 heavy (non-hydrogen) atoms. The van der Waals surface area contributed by atoms with Gasteiger partial charge >= 0.3 is 0 Å². The quantitative estimate of drug-likeness (QED) is 0.540. The maximum Gasteiger partial charge on any atom is 0.0690 e. The molecule has 0 amide bonds. The van der Waals surface area contributed by atoms with E-state index in [1.165, 1.54) is 6.42 Å². The SMILES string of the molecule is CC(O)C1(C)CCCN1. The van der Waals surface area contributed by atoms with Crippen molar-refractivity contribution in [2.45, 2.75) is 38.3 Å². The zero-order valence-electron chi connectivity index (χ0n) is 6.15. The highest BCUT2D eigenvalue weighted by Gasteiger charge is 2.32. The lowest BCUT2D eigenvalue weighted by molar-refractivity contribution is 0.0983. The van der Waals surface area contributed by atoms with Crippen LogP contribution in [-0.2, 0) is 0 Å². The lowest BCUT2D eigenvalue weighted by atomic mass is 9.94. The van der Waals surface area contributed by atoms with Crippen LogP contribution in [0.5, 0.6) is 0 Å². The molecule has 0 aromatic heterocycles. The van der Waals surface area contributed by atoms with Gasteiger partial charge in [0.2, 0.25) is 0 Å². The monoisotopic (exact) mass is 129 g/mol. The van der Waals surface area contributed by atoms with Gasteiger partial charge < -0.3 is 10.4 Å². The molecule has 0 aromatic carbocycles. The third-order valence-corrected chi connectivity index (χ3v) is 2.32. The smallest absolute Gasteiger partial charge is 0.0690 e. The van der Waals surface area contributed by atoms with Crippen molar-refractivity contribution in [3.05, 3.63) is 0 Å². The second kappa shape index (κ2) is 2.27. The Bertz CT molecular complexity index is 95.1. The molecule has 2 nitrogen and oxygen atoms in total. The zero-order chi connectivity index (χ0) is 6.91. The third kappa shape index (κ3) is 1.25. The molecule has 1 rings (SSSR count). The molecular weight excluding hydrogens is 114 g/mol. The zero-order valence-corrected chi connectivity index (χ0v) is 6.15. The van der Waals surface area contributed by atoms with Crippen molar-refractivity contribution >= 4 is 0 Å². The molecular formula is C7H15NO. The second-order valence-electron chi connectivity index (χ2n) is 3.12. The third-order valence-electron chi connectivity index (χ3n) is 2.32. The van der Waals surface area contributed by atoms with Crippen LogP contribution < -0.4 is 5.32 Å². The number of rotatable bonds is 1. The summed E-state index contributed by atoms with van der Waals surface area (Å²) in [5, 5.41) is 12.5. The van der Waals surface area contributed by atoms with Crippen molar-refractivity contribution in [2.75, 3.05) is 6.54 Å². The molecule has 0 saturated carbocycles. The summed E-state index contributed by atoms with van der Waals surface area (Å²) in [6, 6.07) is 0. The summed E-state index contributed by atoms with van der Waals surface area (Å²) in [6.07, 6.45) is 2.08. The van der Waals surface area contributed by atoms with Crippen molar-refractivity contribution < 1.29 is 5.11 Å². The van der Waals surface area contributed by atoms with Crippen LogP contribution in [0.1, 0.15) is 26.7 Å². The van der Waals surface area contributed by atoms with Gasteiger partial charge in [-0.1, -0.05) is 0 Å². The summed E-state index contributed by atoms with van der Waals surface area (Å²) in [6.45, 7) is 4.98. The molecule has 2 N–H and O–H groups in total. The average Bonchev–Trinajstić information content (AvgIpc) is 2.16. The van der Waals surface area contributed by atoms with Gasteiger partial charge in [0.25, 0.3) is 0 Å². The van der Waals surface area contributed by atoms with Crippen molar-refractivity contribution in [3.63, 3.8) is 0 Å². The molecule has 0 aromatic rings. The van der Waals surface area contributed by atoms with Gasteiger partial charge in [-0.05, 0) is 33.2 Å². The van der Waals surface area contributed by atoms with Crippen LogP contribution in [0, 0.1) is 0 Å². The fourth-order valence-corrected chi connectivity index (χ4v) is 1.27. The number of aliphatic hydroxyl groups excluding tert-OH is 1. The van der Waals surface area contributed by atoms with Crippen molar-refractivity contribution in [1.82, 2.24) is 5.32 Å². The maximum absolute atomic E-state index is 9.25. The van der Waals surface area contributed by atoms with Crippen molar-refractivity contribution in [1.29, 1.82) is 0 Å². The van der Waals surface area contributed by atoms with E-state index < -0.39 is 0 Å². The van der Waals surface area contributed by atoms with Gasteiger partial charge in [-0.3, -0.25) is 0 Å². The van der Waals surface area contributed by atoms with Crippen LogP contribution in [-0.4, -0.2) is 23.3 Å². The summed E-state index contributed by atoms with van der Waals surface area (Å²) >= 11 is 0. The summed E-state index contributed by atoms with van der Waals surface area (Å²) in [7, 11) is 0. The normalized spacial score (nSPS) is 39.0. The van der Waals surface area contributed by atoms with E-state index in [1.807, 2.05) is 6.92 Å². The van der Waals surface area contributed by atoms with E-state index in [4.69, 9.17) is 0 Å². The largest absolute Gasteiger partial charge is 0.392 e. The minimum atomic E-state index is -0.222. The van der Waals surface area contributed by atoms with Crippen LogP contribution in [0.3, 0.4) is 0 Å². The van der Waals surface area contributed by atoms with E-state index in [1.54, 1.807) is 0 Å². The first-order valence-corrected chi connectivity index (χ1v) is 3.58. The molecule has 0 aliphatic carbocycles. The fourth-order valence-electron chi connectivity index (χ4n) is 1.27. The van der Waals surface area contributed by atoms with Gasteiger partial charge in [-0.2, -0.15) is 0 Å². The Labute approximate surface area is 56.3 Å². The van der Waals surface area contributed by atoms with Gasteiger partial charge in [-0.25, -0.2) is 0 Å². The molecule has 1 fully saturated rings. The minimum absolute atomic E-state index is 0. The standard InChI is InChI=1S/C7H15NO/c1-6(9)7(2)4-3-5-8-7/h6,8-9H,3-5H2,1-2H3. The Morgan fingerprint density at radius 2 is 2.33 bits per heavy atom. The van der Waals surface area contributed by atoms with E-state index in [-0.39, 0.29) is 11.6 Å². The molecule has 0 spiro atoms. The minimum Gasteiger partial charge on any atom is -0.392 e. The first-order valence-electron chi connectivity index (χ1n) is 3.58. The number of aliphatic hydroxyl groups is 1. The average molecular weight is 129 g/mol. The summed E-state index contributed by atoms with van der Waals surface area (Å²) < 4.78 is 0. The molecule has 0 bridgehead atoms. The lowest BCUT2D eigenvalue weighted by Crippen LogP contribution is -2.45. The molecule has 1 aliphatic heterocycles. The molecule has 1 aliphatic rings. The van der Waals surface area contributed by atoms with E-state index in [9.17, 15) is 5.11 Å². The highest BCUT2D eigenvalue weighted by atomic mass is 16.3. The van der Waals surface area contributed by atoms with Gasteiger partial charge in [0.1, 0.15) is 0 Å². The predicted octanol–water partition coefficient (Wildman–Crippen LogP) is 0.509. The molecule has 54 valence electrons. The number of nitrogens with one attached hydrogen (secondary N) is 1. The highest BCUT2D eigenvalue weighted by Crippen LogP contribution is 2.21. The van der Waals surface area contributed by atoms with Crippen molar-refractivity contribution in [3.8, 4) is 0 Å². The van der Waals surface area contributed by atoms with Crippen LogP contribution in [0.25, 0.3) is 0 Å².